The van der Waals surface area contributed by atoms with Crippen LogP contribution in [0.2, 0.25) is 13.1 Å². The molecule has 0 atom stereocenters. The molecule has 0 saturated carbocycles. The van der Waals surface area contributed by atoms with Crippen molar-refractivity contribution >= 4 is 18.6 Å². The highest BCUT2D eigenvalue weighted by molar-refractivity contribution is 6.77. The Bertz CT molecular complexity index is 1280. The molecule has 185 valence electrons. The second-order valence-corrected chi connectivity index (χ2v) is 14.1. The molecular formula is C22H14F10NSi2. The van der Waals surface area contributed by atoms with Crippen LogP contribution in [0.5, 0.6) is 0 Å². The van der Waals surface area contributed by atoms with Gasteiger partial charge in [0.1, 0.15) is 18.6 Å². The molecule has 0 aliphatic carbocycles. The van der Waals surface area contributed by atoms with Gasteiger partial charge >= 0.3 is 0 Å². The molecule has 0 aliphatic heterocycles. The van der Waals surface area contributed by atoms with E-state index in [0.717, 1.165) is 12.1 Å². The summed E-state index contributed by atoms with van der Waals surface area (Å²) in [7, 11) is 2.45. The highest BCUT2D eigenvalue weighted by Gasteiger charge is 2.32. The minimum atomic E-state index is -2.48. The van der Waals surface area contributed by atoms with Crippen LogP contribution in [0, 0.1) is 58.2 Å². The Kier molecular flexibility index (Phi) is 7.26. The van der Waals surface area contributed by atoms with Gasteiger partial charge in [-0.25, -0.2) is 43.9 Å². The zero-order chi connectivity index (χ0) is 26.6. The van der Waals surface area contributed by atoms with Crippen molar-refractivity contribution in [3.8, 4) is 22.3 Å². The molecule has 0 unspecified atom stereocenters. The van der Waals surface area contributed by atoms with Gasteiger partial charge in [0.2, 0.25) is 11.6 Å². The zero-order valence-corrected chi connectivity index (χ0v) is 20.2. The fourth-order valence-electron chi connectivity index (χ4n) is 3.40. The van der Waals surface area contributed by atoms with E-state index in [4.69, 9.17) is 0 Å². The Hall–Kier alpha value is -2.65. The van der Waals surface area contributed by atoms with E-state index < -0.39 is 88.7 Å². The molecule has 0 bridgehead atoms. The Morgan fingerprint density at radius 2 is 1.00 bits per heavy atom. The third kappa shape index (κ3) is 4.51. The van der Waals surface area contributed by atoms with Gasteiger partial charge in [0.25, 0.3) is 0 Å². The highest BCUT2D eigenvalue weighted by atomic mass is 28.4. The molecule has 1 nitrogen and oxygen atoms in total. The Morgan fingerprint density at radius 1 is 0.629 bits per heavy atom. The molecular weight excluding hydrogens is 524 g/mol. The van der Waals surface area contributed by atoms with Crippen molar-refractivity contribution in [2.45, 2.75) is 19.1 Å². The standard InChI is InChI=1S/C22H14F10NSi2/c1-33(34)35(2,3)7-9-5-4-8(11-13(23)17(27)21(31)18(28)14(11)24)6-10(9)12-15(25)19(29)22(32)20(30)16(12)26/h4-6H,7H2,1-3H3. The molecule has 0 amide bonds. The fourth-order valence-corrected chi connectivity index (χ4v) is 5.12. The minimum absolute atomic E-state index is 0.0163. The second kappa shape index (κ2) is 9.43. The van der Waals surface area contributed by atoms with E-state index in [0.29, 0.717) is 6.07 Å². The normalized spacial score (nSPS) is 12.1. The second-order valence-electron chi connectivity index (χ2n) is 8.31. The molecule has 3 rings (SSSR count). The first-order valence-electron chi connectivity index (χ1n) is 9.73. The zero-order valence-electron chi connectivity index (χ0n) is 18.2. The fraction of sp³-hybridized carbons (Fsp3) is 0.182. The van der Waals surface area contributed by atoms with Gasteiger partial charge in [0.05, 0.1) is 11.1 Å². The molecule has 0 heterocycles. The van der Waals surface area contributed by atoms with Crippen molar-refractivity contribution in [3.63, 3.8) is 0 Å². The van der Waals surface area contributed by atoms with Gasteiger partial charge in [-0.05, 0) is 35.8 Å². The molecule has 13 heteroatoms. The van der Waals surface area contributed by atoms with Crippen LogP contribution in [0.15, 0.2) is 18.2 Å². The number of halogens is 10. The van der Waals surface area contributed by atoms with Crippen molar-refractivity contribution in [2.24, 2.45) is 0 Å². The number of rotatable bonds is 5. The summed E-state index contributed by atoms with van der Waals surface area (Å²) in [5.41, 5.74) is -4.20. The van der Waals surface area contributed by atoms with Gasteiger partial charge in [-0.2, -0.15) is 0 Å². The summed E-state index contributed by atoms with van der Waals surface area (Å²) < 4.78 is 142. The average molecular weight is 539 g/mol. The Balaban J connectivity index is 2.43. The molecule has 35 heavy (non-hydrogen) atoms. The number of hydrogen-bond acceptors (Lipinski definition) is 1. The van der Waals surface area contributed by atoms with Gasteiger partial charge in [-0.3, -0.25) is 0 Å². The molecule has 3 radical (unpaired) electrons. The molecule has 0 aromatic heterocycles. The minimum Gasteiger partial charge on any atom is -0.351 e. The first kappa shape index (κ1) is 26.9. The number of hydrogen-bond donors (Lipinski definition) is 0. The molecule has 0 spiro atoms. The van der Waals surface area contributed by atoms with Crippen LogP contribution in [0.3, 0.4) is 0 Å². The van der Waals surface area contributed by atoms with Crippen molar-refractivity contribution in [3.05, 3.63) is 81.9 Å². The Labute approximate surface area is 197 Å². The van der Waals surface area contributed by atoms with Gasteiger partial charge in [-0.15, -0.1) is 0 Å². The van der Waals surface area contributed by atoms with Gasteiger partial charge in [0.15, 0.2) is 46.5 Å². The lowest BCUT2D eigenvalue weighted by molar-refractivity contribution is 0.381. The summed E-state index contributed by atoms with van der Waals surface area (Å²) in [6, 6.07) is 2.66. The highest BCUT2D eigenvalue weighted by Crippen LogP contribution is 2.39. The van der Waals surface area contributed by atoms with Crippen molar-refractivity contribution < 1.29 is 43.9 Å². The van der Waals surface area contributed by atoms with E-state index in [9.17, 15) is 43.9 Å². The van der Waals surface area contributed by atoms with Crippen LogP contribution >= 0.6 is 0 Å². The third-order valence-corrected chi connectivity index (χ3v) is 10.5. The summed E-state index contributed by atoms with van der Waals surface area (Å²) in [4.78, 5) is 0. The van der Waals surface area contributed by atoms with Gasteiger partial charge in [-0.1, -0.05) is 25.2 Å². The maximum atomic E-state index is 14.7. The van der Waals surface area contributed by atoms with Crippen LogP contribution < -0.4 is 0 Å². The Morgan fingerprint density at radius 3 is 1.40 bits per heavy atom. The lowest BCUT2D eigenvalue weighted by Gasteiger charge is -2.31. The van der Waals surface area contributed by atoms with E-state index in [1.165, 1.54) is 0 Å². The topological polar surface area (TPSA) is 3.24 Å². The van der Waals surface area contributed by atoms with Crippen molar-refractivity contribution in [1.29, 1.82) is 0 Å². The predicted octanol–water partition coefficient (Wildman–Crippen LogP) is 6.71. The van der Waals surface area contributed by atoms with Crippen LogP contribution in [-0.4, -0.2) is 29.9 Å². The van der Waals surface area contributed by atoms with Crippen LogP contribution in [0.4, 0.5) is 43.9 Å². The van der Waals surface area contributed by atoms with E-state index in [-0.39, 0.29) is 11.6 Å². The van der Waals surface area contributed by atoms with Crippen LogP contribution in [-0.2, 0) is 6.04 Å². The monoisotopic (exact) mass is 538 g/mol. The number of nitrogens with zero attached hydrogens (tertiary/aromatic N) is 1. The van der Waals surface area contributed by atoms with Gasteiger partial charge < -0.3 is 4.23 Å². The van der Waals surface area contributed by atoms with E-state index in [2.05, 4.69) is 10.4 Å². The summed E-state index contributed by atoms with van der Waals surface area (Å²) in [5.74, 6) is -22.8. The third-order valence-electron chi connectivity index (χ3n) is 5.62. The average Bonchev–Trinajstić information content (AvgIpc) is 2.80. The summed E-state index contributed by atoms with van der Waals surface area (Å²) in [6.07, 6.45) is 0. The molecule has 0 saturated heterocycles. The molecule has 0 fully saturated rings. The molecule has 0 aliphatic rings. The quantitative estimate of drug-likeness (QED) is 0.151. The summed E-state index contributed by atoms with van der Waals surface area (Å²) in [5, 5.41) is 0. The summed E-state index contributed by atoms with van der Waals surface area (Å²) in [6.45, 7) is 3.56. The first-order chi connectivity index (χ1) is 16.1. The maximum Gasteiger partial charge on any atom is 0.200 e. The SMILES string of the molecule is CN([Si])[Si](C)(C)Cc1ccc(-c2c(F)c(F)c(F)c(F)c2F)cc1-c1c(F)c(F)c(F)c(F)c1F. The van der Waals surface area contributed by atoms with E-state index in [1.54, 1.807) is 24.4 Å². The van der Waals surface area contributed by atoms with E-state index in [1.807, 2.05) is 0 Å². The van der Waals surface area contributed by atoms with Crippen molar-refractivity contribution in [1.82, 2.24) is 4.23 Å². The maximum absolute atomic E-state index is 14.7. The van der Waals surface area contributed by atoms with Crippen molar-refractivity contribution in [2.75, 3.05) is 7.05 Å². The lowest BCUT2D eigenvalue weighted by atomic mass is 9.93. The predicted molar refractivity (Wildman–Crippen MR) is 112 cm³/mol. The lowest BCUT2D eigenvalue weighted by Crippen LogP contribution is -2.47. The summed E-state index contributed by atoms with van der Waals surface area (Å²) >= 11 is 0. The van der Waals surface area contributed by atoms with Crippen LogP contribution in [0.1, 0.15) is 5.56 Å². The molecule has 0 N–H and O–H groups in total. The van der Waals surface area contributed by atoms with Crippen LogP contribution in [0.25, 0.3) is 22.3 Å². The molecule has 3 aromatic carbocycles. The largest absolute Gasteiger partial charge is 0.351 e. The van der Waals surface area contributed by atoms with E-state index >= 15 is 0 Å². The smallest absolute Gasteiger partial charge is 0.200 e. The van der Waals surface area contributed by atoms with Gasteiger partial charge in [0, 0.05) is 0 Å². The molecule has 3 aromatic rings. The number of benzene rings is 3. The first-order valence-corrected chi connectivity index (χ1v) is 13.3.